The molecule has 20 heavy (non-hydrogen) atoms. The average molecular weight is 405 g/mol. The summed E-state index contributed by atoms with van der Waals surface area (Å²) in [5.41, 5.74) is 2.57. The summed E-state index contributed by atoms with van der Waals surface area (Å²) < 4.78 is 7.56. The van der Waals surface area contributed by atoms with Gasteiger partial charge in [-0.25, -0.2) is 0 Å². The lowest BCUT2D eigenvalue weighted by Gasteiger charge is -2.12. The third kappa shape index (κ3) is 5.58. The first-order chi connectivity index (χ1) is 9.47. The van der Waals surface area contributed by atoms with Crippen LogP contribution in [0.3, 0.4) is 0 Å². The van der Waals surface area contributed by atoms with E-state index in [1.54, 1.807) is 0 Å². The van der Waals surface area contributed by atoms with Gasteiger partial charge in [-0.05, 0) is 62.9 Å². The predicted molar refractivity (Wildman–Crippen MR) is 94.4 cm³/mol. The molecule has 0 spiro atoms. The van der Waals surface area contributed by atoms with Crippen LogP contribution in [-0.2, 0) is 0 Å². The molecule has 0 saturated carbocycles. The maximum Gasteiger partial charge on any atom is 0.147 e. The van der Waals surface area contributed by atoms with Crippen LogP contribution in [0.15, 0.2) is 26.7 Å². The Labute approximate surface area is 139 Å². The fourth-order valence-corrected chi connectivity index (χ4v) is 3.24. The number of rotatable bonds is 7. The van der Waals surface area contributed by atoms with Crippen molar-refractivity contribution in [1.29, 1.82) is 0 Å². The zero-order valence-corrected chi connectivity index (χ0v) is 15.8. The summed E-state index contributed by atoms with van der Waals surface area (Å²) in [6.45, 7) is 10.1. The highest BCUT2D eigenvalue weighted by atomic mass is 79.9. The Morgan fingerprint density at radius 1 is 1.25 bits per heavy atom. The molecular formula is C16H23Br2NO. The molecule has 0 aromatic heterocycles. The number of ether oxygens (including phenoxy) is 1. The molecule has 1 rings (SSSR count). The predicted octanol–water partition coefficient (Wildman–Crippen LogP) is 5.40. The second-order valence-corrected chi connectivity index (χ2v) is 6.65. The SMILES string of the molecule is CCOc1c(Br)cc(C=C(CC)CNC(C)C)cc1Br. The van der Waals surface area contributed by atoms with Crippen LogP contribution >= 0.6 is 31.9 Å². The summed E-state index contributed by atoms with van der Waals surface area (Å²) in [6, 6.07) is 4.70. The van der Waals surface area contributed by atoms with Gasteiger partial charge in [-0.1, -0.05) is 32.4 Å². The van der Waals surface area contributed by atoms with Crippen molar-refractivity contribution >= 4 is 37.9 Å². The van der Waals surface area contributed by atoms with Crippen molar-refractivity contribution in [2.75, 3.05) is 13.2 Å². The van der Waals surface area contributed by atoms with E-state index in [4.69, 9.17) is 4.74 Å². The molecule has 0 bridgehead atoms. The van der Waals surface area contributed by atoms with E-state index in [1.165, 1.54) is 11.1 Å². The second-order valence-electron chi connectivity index (χ2n) is 4.94. The molecule has 0 aliphatic heterocycles. The highest BCUT2D eigenvalue weighted by molar-refractivity contribution is 9.11. The Bertz CT molecular complexity index is 447. The number of hydrogen-bond acceptors (Lipinski definition) is 2. The van der Waals surface area contributed by atoms with Crippen LogP contribution in [-0.4, -0.2) is 19.2 Å². The summed E-state index contributed by atoms with van der Waals surface area (Å²) >= 11 is 7.15. The first kappa shape index (κ1) is 17.7. The van der Waals surface area contributed by atoms with Gasteiger partial charge < -0.3 is 10.1 Å². The molecule has 0 saturated heterocycles. The Morgan fingerprint density at radius 3 is 2.30 bits per heavy atom. The highest BCUT2D eigenvalue weighted by Crippen LogP contribution is 2.35. The summed E-state index contributed by atoms with van der Waals surface area (Å²) in [5.74, 6) is 0.864. The first-order valence-electron chi connectivity index (χ1n) is 7.02. The molecule has 0 amide bonds. The van der Waals surface area contributed by atoms with Crippen LogP contribution in [0.4, 0.5) is 0 Å². The molecule has 0 radical (unpaired) electrons. The van der Waals surface area contributed by atoms with Crippen LogP contribution < -0.4 is 10.1 Å². The molecule has 2 nitrogen and oxygen atoms in total. The zero-order valence-electron chi connectivity index (χ0n) is 12.6. The van der Waals surface area contributed by atoms with Gasteiger partial charge in [-0.3, -0.25) is 0 Å². The lowest BCUT2D eigenvalue weighted by molar-refractivity contribution is 0.336. The van der Waals surface area contributed by atoms with Gasteiger partial charge in [0.15, 0.2) is 0 Å². The van der Waals surface area contributed by atoms with E-state index in [-0.39, 0.29) is 0 Å². The van der Waals surface area contributed by atoms with Gasteiger partial charge in [0.05, 0.1) is 15.6 Å². The molecule has 112 valence electrons. The molecule has 1 aromatic rings. The number of hydrogen-bond donors (Lipinski definition) is 1. The van der Waals surface area contributed by atoms with E-state index in [0.29, 0.717) is 12.6 Å². The van der Waals surface area contributed by atoms with Crippen molar-refractivity contribution in [3.05, 3.63) is 32.2 Å². The topological polar surface area (TPSA) is 21.3 Å². The lowest BCUT2D eigenvalue weighted by Crippen LogP contribution is -2.24. The standard InChI is InChI=1S/C16H23Br2NO/c1-5-12(10-19-11(3)4)7-13-8-14(17)16(20-6-2)15(18)9-13/h7-9,11,19H,5-6,10H2,1-4H3. The van der Waals surface area contributed by atoms with E-state index >= 15 is 0 Å². The van der Waals surface area contributed by atoms with Gasteiger partial charge in [0, 0.05) is 12.6 Å². The molecule has 0 heterocycles. The molecule has 0 fully saturated rings. The van der Waals surface area contributed by atoms with E-state index in [2.05, 4.69) is 76.2 Å². The van der Waals surface area contributed by atoms with Crippen LogP contribution in [0.1, 0.15) is 39.7 Å². The van der Waals surface area contributed by atoms with Gasteiger partial charge in [0.25, 0.3) is 0 Å². The Morgan fingerprint density at radius 2 is 1.85 bits per heavy atom. The zero-order chi connectivity index (χ0) is 15.1. The third-order valence-corrected chi connectivity index (χ3v) is 4.05. The molecule has 0 aliphatic carbocycles. The normalized spacial score (nSPS) is 12.1. The van der Waals surface area contributed by atoms with E-state index < -0.39 is 0 Å². The van der Waals surface area contributed by atoms with Gasteiger partial charge in [0.2, 0.25) is 0 Å². The van der Waals surface area contributed by atoms with Crippen LogP contribution in [0, 0.1) is 0 Å². The Kier molecular flexibility index (Phi) is 7.85. The van der Waals surface area contributed by atoms with Gasteiger partial charge in [0.1, 0.15) is 5.75 Å². The molecule has 1 N–H and O–H groups in total. The summed E-state index contributed by atoms with van der Waals surface area (Å²) in [5, 5.41) is 3.46. The largest absolute Gasteiger partial charge is 0.492 e. The van der Waals surface area contributed by atoms with Crippen LogP contribution in [0.5, 0.6) is 5.75 Å². The van der Waals surface area contributed by atoms with E-state index in [9.17, 15) is 0 Å². The fraction of sp³-hybridized carbons (Fsp3) is 0.500. The van der Waals surface area contributed by atoms with Crippen LogP contribution in [0.25, 0.3) is 6.08 Å². The van der Waals surface area contributed by atoms with E-state index in [1.807, 2.05) is 6.92 Å². The van der Waals surface area contributed by atoms with Gasteiger partial charge in [-0.15, -0.1) is 0 Å². The van der Waals surface area contributed by atoms with Crippen molar-refractivity contribution < 1.29 is 4.74 Å². The number of halogens is 2. The minimum atomic E-state index is 0.503. The van der Waals surface area contributed by atoms with Crippen molar-refractivity contribution in [3.8, 4) is 5.75 Å². The molecule has 4 heteroatoms. The van der Waals surface area contributed by atoms with Crippen molar-refractivity contribution in [2.24, 2.45) is 0 Å². The Hall–Kier alpha value is -0.320. The first-order valence-corrected chi connectivity index (χ1v) is 8.61. The minimum Gasteiger partial charge on any atom is -0.492 e. The average Bonchev–Trinajstić information content (AvgIpc) is 2.38. The van der Waals surface area contributed by atoms with Crippen molar-refractivity contribution in [3.63, 3.8) is 0 Å². The summed E-state index contributed by atoms with van der Waals surface area (Å²) in [6.07, 6.45) is 3.28. The third-order valence-electron chi connectivity index (χ3n) is 2.87. The van der Waals surface area contributed by atoms with Crippen molar-refractivity contribution in [2.45, 2.75) is 40.2 Å². The molecule has 1 aromatic carbocycles. The molecule has 0 unspecified atom stereocenters. The van der Waals surface area contributed by atoms with Gasteiger partial charge in [-0.2, -0.15) is 0 Å². The minimum absolute atomic E-state index is 0.503. The molecule has 0 aliphatic rings. The maximum absolute atomic E-state index is 5.61. The smallest absolute Gasteiger partial charge is 0.147 e. The molecule has 0 atom stereocenters. The van der Waals surface area contributed by atoms with Gasteiger partial charge >= 0.3 is 0 Å². The maximum atomic E-state index is 5.61. The second kappa shape index (κ2) is 8.85. The number of benzene rings is 1. The van der Waals surface area contributed by atoms with Crippen LogP contribution in [0.2, 0.25) is 0 Å². The number of nitrogens with one attached hydrogen (secondary N) is 1. The molecular weight excluding hydrogens is 382 g/mol. The summed E-state index contributed by atoms with van der Waals surface area (Å²) in [4.78, 5) is 0. The van der Waals surface area contributed by atoms with E-state index in [0.717, 1.165) is 27.7 Å². The van der Waals surface area contributed by atoms with Crippen molar-refractivity contribution in [1.82, 2.24) is 5.32 Å². The summed E-state index contributed by atoms with van der Waals surface area (Å²) in [7, 11) is 0. The fourth-order valence-electron chi connectivity index (χ4n) is 1.79. The Balaban J connectivity index is 2.95. The lowest BCUT2D eigenvalue weighted by atomic mass is 10.1. The monoisotopic (exact) mass is 403 g/mol. The highest BCUT2D eigenvalue weighted by Gasteiger charge is 2.08. The quantitative estimate of drug-likeness (QED) is 0.656.